The van der Waals surface area contributed by atoms with Gasteiger partial charge >= 0.3 is 35.8 Å². The molecule has 38 heavy (non-hydrogen) atoms. The molecule has 0 aliphatic carbocycles. The van der Waals surface area contributed by atoms with Gasteiger partial charge in [-0.05, 0) is 32.6 Å². The number of carbonyl (C=O) groups excluding carboxylic acids is 2. The van der Waals surface area contributed by atoms with Gasteiger partial charge in [-0.2, -0.15) is 0 Å². The van der Waals surface area contributed by atoms with Gasteiger partial charge in [-0.1, -0.05) is 19.3 Å². The third-order valence-corrected chi connectivity index (χ3v) is 3.95. The Labute approximate surface area is 218 Å². The molecule has 0 aliphatic rings. The van der Waals surface area contributed by atoms with Crippen LogP contribution in [0.15, 0.2) is 0 Å². The first-order valence-corrected chi connectivity index (χ1v) is 11.3. The van der Waals surface area contributed by atoms with Crippen molar-refractivity contribution >= 4 is 47.4 Å². The van der Waals surface area contributed by atoms with Gasteiger partial charge in [0, 0.05) is 26.2 Å². The van der Waals surface area contributed by atoms with E-state index in [1.165, 1.54) is 6.92 Å². The molecule has 0 saturated heterocycles. The number of carbonyl (C=O) groups is 8. The van der Waals surface area contributed by atoms with Crippen molar-refractivity contribution in [2.45, 2.75) is 90.1 Å². The monoisotopic (exact) mass is 554 g/mol. The molecular weight excluding hydrogens is 516 g/mol. The van der Waals surface area contributed by atoms with Crippen molar-refractivity contribution in [2.75, 3.05) is 0 Å². The van der Waals surface area contributed by atoms with Crippen molar-refractivity contribution in [3.63, 3.8) is 0 Å². The minimum Gasteiger partial charge on any atom is -0.481 e. The third-order valence-electron chi connectivity index (χ3n) is 3.95. The van der Waals surface area contributed by atoms with Crippen molar-refractivity contribution in [1.29, 1.82) is 0 Å². The maximum atomic E-state index is 10.5. The number of carboxylic acids is 6. The molecule has 16 nitrogen and oxygen atoms in total. The first kappa shape index (κ1) is 41.2. The topological polar surface area (TPSA) is 310 Å². The molecule has 0 aromatic rings. The maximum Gasteiger partial charge on any atom is 0.372 e. The number of carboxylic acid groups (broad SMARTS) is 6. The molecule has 220 valence electrons. The number of aliphatic carboxylic acids is 6. The van der Waals surface area contributed by atoms with E-state index in [-0.39, 0.29) is 19.3 Å². The Bertz CT molecular complexity index is 768. The summed E-state index contributed by atoms with van der Waals surface area (Å²) in [4.78, 5) is 79.4. The molecule has 0 unspecified atom stereocenters. The molecule has 0 radical (unpaired) electrons. The van der Waals surface area contributed by atoms with E-state index in [4.69, 9.17) is 42.1 Å². The van der Waals surface area contributed by atoms with Gasteiger partial charge in [-0.25, -0.2) is 9.59 Å². The second-order valence-electron chi connectivity index (χ2n) is 7.61. The third kappa shape index (κ3) is 39.3. The summed E-state index contributed by atoms with van der Waals surface area (Å²) in [7, 11) is 0. The van der Waals surface area contributed by atoms with Crippen molar-refractivity contribution in [3.8, 4) is 0 Å². The van der Waals surface area contributed by atoms with E-state index in [0.717, 1.165) is 6.92 Å². The molecule has 0 fully saturated rings. The Morgan fingerprint density at radius 1 is 0.579 bits per heavy atom. The lowest BCUT2D eigenvalue weighted by molar-refractivity contribution is -0.149. The molecule has 16 heteroatoms. The fraction of sp³-hybridized carbons (Fsp3) is 0.636. The number of Topliss-reactive ketones (excluding diaryl/α,β-unsaturated/α-hetero) is 2. The van der Waals surface area contributed by atoms with E-state index in [2.05, 4.69) is 0 Å². The van der Waals surface area contributed by atoms with E-state index >= 15 is 0 Å². The second-order valence-corrected chi connectivity index (χ2v) is 7.61. The first-order chi connectivity index (χ1) is 17.4. The molecule has 0 saturated carbocycles. The lowest BCUT2D eigenvalue weighted by Gasteiger charge is -2.04. The van der Waals surface area contributed by atoms with Gasteiger partial charge in [0.05, 0.1) is 0 Å². The van der Waals surface area contributed by atoms with Gasteiger partial charge in [0.2, 0.25) is 11.6 Å². The molecular formula is C22H38N2O14. The number of hydrogen-bond donors (Lipinski definition) is 8. The highest BCUT2D eigenvalue weighted by atomic mass is 16.4. The molecule has 0 rings (SSSR count). The van der Waals surface area contributed by atoms with E-state index in [0.29, 0.717) is 44.9 Å². The average Bonchev–Trinajstić information content (AvgIpc) is 2.78. The number of hydrogen-bond acceptors (Lipinski definition) is 10. The predicted octanol–water partition coefficient (Wildman–Crippen LogP) is 0.187. The fourth-order valence-electron chi connectivity index (χ4n) is 1.79. The van der Waals surface area contributed by atoms with E-state index < -0.39 is 59.5 Å². The summed E-state index contributed by atoms with van der Waals surface area (Å²) in [5.74, 6) is -8.08. The summed E-state index contributed by atoms with van der Waals surface area (Å²) < 4.78 is 0. The summed E-state index contributed by atoms with van der Waals surface area (Å²) in [6.45, 7) is 2.42. The molecule has 0 spiro atoms. The van der Waals surface area contributed by atoms with Gasteiger partial charge in [-0.15, -0.1) is 0 Å². The second kappa shape index (κ2) is 26.2. The number of ketones is 2. The van der Waals surface area contributed by atoms with Gasteiger partial charge in [0.25, 0.3) is 0 Å². The van der Waals surface area contributed by atoms with Gasteiger partial charge in [-0.3, -0.25) is 28.8 Å². The summed E-state index contributed by atoms with van der Waals surface area (Å²) in [5, 5.41) is 48.6. The molecule has 0 aliphatic heterocycles. The lowest BCUT2D eigenvalue weighted by atomic mass is 10.1. The zero-order valence-corrected chi connectivity index (χ0v) is 21.3. The maximum absolute atomic E-state index is 10.5. The molecule has 0 amide bonds. The summed E-state index contributed by atoms with van der Waals surface area (Å²) >= 11 is 0. The minimum atomic E-state index is -1.42. The molecule has 0 aromatic heterocycles. The zero-order chi connectivity index (χ0) is 30.8. The molecule has 0 aromatic carbocycles. The van der Waals surface area contributed by atoms with Crippen LogP contribution in [-0.4, -0.2) is 90.1 Å². The van der Waals surface area contributed by atoms with Crippen LogP contribution in [0, 0.1) is 0 Å². The fourth-order valence-corrected chi connectivity index (χ4v) is 1.79. The highest BCUT2D eigenvalue weighted by Gasteiger charge is 2.10. The van der Waals surface area contributed by atoms with Crippen LogP contribution in [-0.2, 0) is 38.4 Å². The number of unbranched alkanes of at least 4 members (excludes halogenated alkanes) is 4. The normalized spacial score (nSPS) is 10.8. The predicted molar refractivity (Wildman–Crippen MR) is 129 cm³/mol. The first-order valence-electron chi connectivity index (χ1n) is 11.3. The molecule has 0 heterocycles. The van der Waals surface area contributed by atoms with Crippen LogP contribution in [0.1, 0.15) is 78.1 Å². The van der Waals surface area contributed by atoms with Crippen LogP contribution in [0.3, 0.4) is 0 Å². The van der Waals surface area contributed by atoms with Gasteiger partial charge in [0.15, 0.2) is 0 Å². The summed E-state index contributed by atoms with van der Waals surface area (Å²) in [6.07, 6.45) is 4.09. The van der Waals surface area contributed by atoms with Gasteiger partial charge in [0.1, 0.15) is 12.1 Å². The molecule has 10 N–H and O–H groups in total. The van der Waals surface area contributed by atoms with E-state index in [1.54, 1.807) is 0 Å². The summed E-state index contributed by atoms with van der Waals surface area (Å²) in [6, 6.07) is -1.55. The Balaban J connectivity index is -0.000000216. The largest absolute Gasteiger partial charge is 0.481 e. The Hall–Kier alpha value is -3.92. The number of nitrogens with two attached hydrogens (primary N) is 2. The van der Waals surface area contributed by atoms with Gasteiger partial charge < -0.3 is 42.1 Å². The van der Waals surface area contributed by atoms with Crippen LogP contribution in [0.4, 0.5) is 0 Å². The number of rotatable bonds is 16. The zero-order valence-electron chi connectivity index (χ0n) is 21.3. The Morgan fingerprint density at radius 2 is 0.921 bits per heavy atom. The lowest BCUT2D eigenvalue weighted by Crippen LogP contribution is -2.29. The summed E-state index contributed by atoms with van der Waals surface area (Å²) in [5.41, 5.74) is 10.1. The SMILES string of the molecule is CC(=O)C(=O)O.C[C@H](N)C(=O)O.N[C@@H](CCCCCC(=O)O)C(=O)O.O=C(O)CCCCCC(=O)C(=O)O. The van der Waals surface area contributed by atoms with Crippen LogP contribution in [0.2, 0.25) is 0 Å². The minimum absolute atomic E-state index is 0.00501. The van der Waals surface area contributed by atoms with Crippen molar-refractivity contribution < 1.29 is 69.0 Å². The van der Waals surface area contributed by atoms with Crippen LogP contribution in [0.25, 0.3) is 0 Å². The van der Waals surface area contributed by atoms with Crippen LogP contribution < -0.4 is 11.5 Å². The standard InChI is InChI=1S/C8H15NO4.C8H12O5.C3H7NO2.C3H4O3/c2*9-6(8(12)13)4-2-1-3-5-7(10)11;2*1-2(4)3(5)6/h6H,1-5,9H2,(H,10,11)(H,12,13);1-5H2,(H,10,11)(H,12,13);2H,4H2,1H3,(H,5,6);1H3,(H,5,6)/t6-;;2-;/m0.0./s1. The van der Waals surface area contributed by atoms with Crippen molar-refractivity contribution in [1.82, 2.24) is 0 Å². The highest BCUT2D eigenvalue weighted by molar-refractivity contribution is 6.32. The van der Waals surface area contributed by atoms with Crippen molar-refractivity contribution in [3.05, 3.63) is 0 Å². The Morgan fingerprint density at radius 3 is 1.18 bits per heavy atom. The van der Waals surface area contributed by atoms with E-state index in [1.807, 2.05) is 0 Å². The highest BCUT2D eigenvalue weighted by Crippen LogP contribution is 2.05. The van der Waals surface area contributed by atoms with E-state index in [9.17, 15) is 38.4 Å². The molecule has 0 bridgehead atoms. The smallest absolute Gasteiger partial charge is 0.372 e. The molecule has 2 atom stereocenters. The average molecular weight is 555 g/mol. The quantitative estimate of drug-likeness (QED) is 0.0931. The van der Waals surface area contributed by atoms with Crippen molar-refractivity contribution in [2.24, 2.45) is 11.5 Å². The Kier molecular flexibility index (Phi) is 28.4. The van der Waals surface area contributed by atoms with Crippen LogP contribution >= 0.6 is 0 Å². The van der Waals surface area contributed by atoms with Crippen LogP contribution in [0.5, 0.6) is 0 Å².